The standard InChI is InChI=1S/C9H9N5/c1-13-4-2-8(12-13)7-14-5-3-11-9(14)6-10/h2-5H,7H2,1H3. The smallest absolute Gasteiger partial charge is 0.213 e. The zero-order valence-corrected chi connectivity index (χ0v) is 7.75. The van der Waals surface area contributed by atoms with Crippen molar-refractivity contribution in [3.05, 3.63) is 36.2 Å². The highest BCUT2D eigenvalue weighted by molar-refractivity contribution is 5.13. The van der Waals surface area contributed by atoms with E-state index in [4.69, 9.17) is 5.26 Å². The predicted octanol–water partition coefficient (Wildman–Crippen LogP) is 0.537. The van der Waals surface area contributed by atoms with Crippen LogP contribution in [-0.2, 0) is 13.6 Å². The van der Waals surface area contributed by atoms with Crippen molar-refractivity contribution in [3.8, 4) is 6.07 Å². The molecule has 0 amide bonds. The summed E-state index contributed by atoms with van der Waals surface area (Å²) in [6.07, 6.45) is 5.26. The summed E-state index contributed by atoms with van der Waals surface area (Å²) in [7, 11) is 1.86. The molecule has 0 fully saturated rings. The minimum absolute atomic E-state index is 0.413. The van der Waals surface area contributed by atoms with Crippen LogP contribution in [0.2, 0.25) is 0 Å². The molecule has 2 aromatic rings. The number of nitrogens with zero attached hydrogens (tertiary/aromatic N) is 5. The van der Waals surface area contributed by atoms with E-state index in [0.717, 1.165) is 5.69 Å². The fraction of sp³-hybridized carbons (Fsp3) is 0.222. The number of hydrogen-bond donors (Lipinski definition) is 0. The molecule has 0 saturated heterocycles. The van der Waals surface area contributed by atoms with Crippen molar-refractivity contribution in [1.29, 1.82) is 5.26 Å². The fourth-order valence-electron chi connectivity index (χ4n) is 1.27. The van der Waals surface area contributed by atoms with Crippen molar-refractivity contribution < 1.29 is 0 Å². The van der Waals surface area contributed by atoms with E-state index in [9.17, 15) is 0 Å². The van der Waals surface area contributed by atoms with Gasteiger partial charge in [0, 0.05) is 25.6 Å². The predicted molar refractivity (Wildman–Crippen MR) is 49.3 cm³/mol. The molecule has 0 aliphatic rings. The van der Waals surface area contributed by atoms with E-state index >= 15 is 0 Å². The van der Waals surface area contributed by atoms with Crippen LogP contribution in [0.5, 0.6) is 0 Å². The lowest BCUT2D eigenvalue weighted by atomic mass is 10.4. The summed E-state index contributed by atoms with van der Waals surface area (Å²) in [6.45, 7) is 0.587. The normalized spacial score (nSPS) is 10.0. The molecule has 0 atom stereocenters. The van der Waals surface area contributed by atoms with Gasteiger partial charge >= 0.3 is 0 Å². The molecule has 0 spiro atoms. The topological polar surface area (TPSA) is 59.4 Å². The van der Waals surface area contributed by atoms with Gasteiger partial charge in [-0.25, -0.2) is 4.98 Å². The van der Waals surface area contributed by atoms with E-state index in [2.05, 4.69) is 10.1 Å². The van der Waals surface area contributed by atoms with Gasteiger partial charge in [0.05, 0.1) is 12.2 Å². The maximum Gasteiger partial charge on any atom is 0.213 e. The summed E-state index contributed by atoms with van der Waals surface area (Å²) in [6, 6.07) is 3.94. The van der Waals surface area contributed by atoms with E-state index in [1.54, 1.807) is 21.6 Å². The first kappa shape index (κ1) is 8.51. The van der Waals surface area contributed by atoms with Gasteiger partial charge in [-0.15, -0.1) is 0 Å². The zero-order chi connectivity index (χ0) is 9.97. The monoisotopic (exact) mass is 187 g/mol. The van der Waals surface area contributed by atoms with E-state index < -0.39 is 0 Å². The Morgan fingerprint density at radius 3 is 3.00 bits per heavy atom. The van der Waals surface area contributed by atoms with Crippen LogP contribution in [-0.4, -0.2) is 19.3 Å². The van der Waals surface area contributed by atoms with Crippen LogP contribution in [0.15, 0.2) is 24.7 Å². The first-order valence-corrected chi connectivity index (χ1v) is 4.19. The fourth-order valence-corrected chi connectivity index (χ4v) is 1.27. The molecule has 0 aliphatic heterocycles. The van der Waals surface area contributed by atoms with Gasteiger partial charge in [-0.2, -0.15) is 10.4 Å². The Hall–Kier alpha value is -2.09. The highest BCUT2D eigenvalue weighted by atomic mass is 15.3. The second kappa shape index (κ2) is 3.34. The second-order valence-corrected chi connectivity index (χ2v) is 2.97. The third kappa shape index (κ3) is 1.50. The van der Waals surface area contributed by atoms with Crippen molar-refractivity contribution >= 4 is 0 Å². The van der Waals surface area contributed by atoms with Crippen molar-refractivity contribution in [2.45, 2.75) is 6.54 Å². The summed E-state index contributed by atoms with van der Waals surface area (Å²) in [5.74, 6) is 0.413. The maximum absolute atomic E-state index is 8.73. The minimum Gasteiger partial charge on any atom is -0.317 e. The molecule has 70 valence electrons. The van der Waals surface area contributed by atoms with Crippen LogP contribution in [0.4, 0.5) is 0 Å². The molecule has 0 aliphatic carbocycles. The van der Waals surface area contributed by atoms with E-state index in [1.165, 1.54) is 0 Å². The summed E-state index contributed by atoms with van der Waals surface area (Å²) in [4.78, 5) is 3.90. The largest absolute Gasteiger partial charge is 0.317 e. The lowest BCUT2D eigenvalue weighted by Crippen LogP contribution is -2.02. The highest BCUT2D eigenvalue weighted by Crippen LogP contribution is 2.01. The van der Waals surface area contributed by atoms with Crippen LogP contribution < -0.4 is 0 Å². The third-order valence-electron chi connectivity index (χ3n) is 1.92. The Kier molecular flexibility index (Phi) is 2.03. The van der Waals surface area contributed by atoms with Crippen LogP contribution in [0, 0.1) is 11.3 Å². The molecule has 0 N–H and O–H groups in total. The first-order chi connectivity index (χ1) is 6.79. The molecule has 0 radical (unpaired) electrons. The number of nitriles is 1. The van der Waals surface area contributed by atoms with Crippen molar-refractivity contribution in [1.82, 2.24) is 19.3 Å². The highest BCUT2D eigenvalue weighted by Gasteiger charge is 2.03. The number of hydrogen-bond acceptors (Lipinski definition) is 3. The van der Waals surface area contributed by atoms with Gasteiger partial charge in [-0.1, -0.05) is 0 Å². The van der Waals surface area contributed by atoms with Crippen LogP contribution in [0.25, 0.3) is 0 Å². The molecule has 0 bridgehead atoms. The van der Waals surface area contributed by atoms with E-state index in [-0.39, 0.29) is 0 Å². The Morgan fingerprint density at radius 2 is 2.36 bits per heavy atom. The summed E-state index contributed by atoms with van der Waals surface area (Å²) in [5, 5.41) is 13.0. The Morgan fingerprint density at radius 1 is 1.50 bits per heavy atom. The maximum atomic E-state index is 8.73. The molecular formula is C9H9N5. The Balaban J connectivity index is 2.23. The van der Waals surface area contributed by atoms with Crippen molar-refractivity contribution in [2.24, 2.45) is 7.05 Å². The van der Waals surface area contributed by atoms with E-state index in [0.29, 0.717) is 12.4 Å². The minimum atomic E-state index is 0.413. The molecule has 0 saturated carbocycles. The third-order valence-corrected chi connectivity index (χ3v) is 1.92. The average molecular weight is 187 g/mol. The van der Waals surface area contributed by atoms with Gasteiger partial charge in [0.15, 0.2) is 0 Å². The summed E-state index contributed by atoms with van der Waals surface area (Å²) < 4.78 is 3.50. The molecule has 0 unspecified atom stereocenters. The quantitative estimate of drug-likeness (QED) is 0.689. The SMILES string of the molecule is Cn1ccc(Cn2ccnc2C#N)n1. The molecule has 2 aromatic heterocycles. The molecule has 2 heterocycles. The Labute approximate surface area is 81.2 Å². The second-order valence-electron chi connectivity index (χ2n) is 2.97. The van der Waals surface area contributed by atoms with Crippen LogP contribution in [0.1, 0.15) is 11.5 Å². The zero-order valence-electron chi connectivity index (χ0n) is 7.75. The molecule has 2 rings (SSSR count). The van der Waals surface area contributed by atoms with Gasteiger partial charge < -0.3 is 4.57 Å². The van der Waals surface area contributed by atoms with Crippen LogP contribution in [0.3, 0.4) is 0 Å². The number of aromatic nitrogens is 4. The van der Waals surface area contributed by atoms with Crippen molar-refractivity contribution in [2.75, 3.05) is 0 Å². The average Bonchev–Trinajstić information content (AvgIpc) is 2.76. The first-order valence-electron chi connectivity index (χ1n) is 4.19. The Bertz CT molecular complexity index is 473. The number of rotatable bonds is 2. The summed E-state index contributed by atoms with van der Waals surface area (Å²) in [5.41, 5.74) is 0.919. The molecule has 14 heavy (non-hydrogen) atoms. The number of imidazole rings is 1. The van der Waals surface area contributed by atoms with Gasteiger partial charge in [0.2, 0.25) is 5.82 Å². The molecule has 0 aromatic carbocycles. The molecule has 5 heteroatoms. The van der Waals surface area contributed by atoms with Gasteiger partial charge in [-0.05, 0) is 6.07 Å². The number of aryl methyl sites for hydroxylation is 1. The van der Waals surface area contributed by atoms with Gasteiger partial charge in [-0.3, -0.25) is 4.68 Å². The molecular weight excluding hydrogens is 178 g/mol. The van der Waals surface area contributed by atoms with Crippen molar-refractivity contribution in [3.63, 3.8) is 0 Å². The van der Waals surface area contributed by atoms with E-state index in [1.807, 2.05) is 25.4 Å². The summed E-state index contributed by atoms with van der Waals surface area (Å²) >= 11 is 0. The van der Waals surface area contributed by atoms with Crippen LogP contribution >= 0.6 is 0 Å². The lowest BCUT2D eigenvalue weighted by molar-refractivity contribution is 0.701. The molecule has 5 nitrogen and oxygen atoms in total. The van der Waals surface area contributed by atoms with Gasteiger partial charge in [0.25, 0.3) is 0 Å². The van der Waals surface area contributed by atoms with Gasteiger partial charge in [0.1, 0.15) is 6.07 Å². The lowest BCUT2D eigenvalue weighted by Gasteiger charge is -1.98.